The summed E-state index contributed by atoms with van der Waals surface area (Å²) in [5.41, 5.74) is 6.85. The second kappa shape index (κ2) is 6.66. The van der Waals surface area contributed by atoms with Gasteiger partial charge in [-0.25, -0.2) is 0 Å². The first-order valence-corrected chi connectivity index (χ1v) is 5.51. The molecular weight excluding hydrogens is 212 g/mol. The van der Waals surface area contributed by atoms with Crippen LogP contribution in [-0.4, -0.2) is 23.9 Å². The highest BCUT2D eigenvalue weighted by Crippen LogP contribution is 2.11. The van der Waals surface area contributed by atoms with E-state index in [0.29, 0.717) is 12.1 Å². The number of hydrogen-bond donors (Lipinski definition) is 1. The van der Waals surface area contributed by atoms with Gasteiger partial charge in [0.1, 0.15) is 0 Å². The van der Waals surface area contributed by atoms with Crippen LogP contribution in [0.4, 0.5) is 0 Å². The predicted molar refractivity (Wildman–Crippen MR) is 70.6 cm³/mol. The van der Waals surface area contributed by atoms with Gasteiger partial charge in [-0.1, -0.05) is 30.4 Å². The van der Waals surface area contributed by atoms with E-state index in [9.17, 15) is 4.79 Å². The molecule has 0 aliphatic carbocycles. The van der Waals surface area contributed by atoms with Gasteiger partial charge in [-0.3, -0.25) is 9.69 Å². The lowest BCUT2D eigenvalue weighted by atomic mass is 10.1. The fourth-order valence-electron chi connectivity index (χ4n) is 1.71. The Labute approximate surface area is 102 Å². The summed E-state index contributed by atoms with van der Waals surface area (Å²) in [6.07, 6.45) is 3.66. The molecule has 0 aliphatic heterocycles. The third-order valence-corrected chi connectivity index (χ3v) is 2.45. The summed E-state index contributed by atoms with van der Waals surface area (Å²) in [4.78, 5) is 13.4. The van der Waals surface area contributed by atoms with Gasteiger partial charge in [-0.2, -0.15) is 0 Å². The number of nitrogens with two attached hydrogens (primary N) is 1. The largest absolute Gasteiger partial charge is 0.366 e. The van der Waals surface area contributed by atoms with Crippen molar-refractivity contribution in [1.82, 2.24) is 4.90 Å². The van der Waals surface area contributed by atoms with Crippen molar-refractivity contribution in [3.63, 3.8) is 0 Å². The van der Waals surface area contributed by atoms with Crippen molar-refractivity contribution >= 4 is 5.91 Å². The molecule has 90 valence electrons. The Bertz CT molecular complexity index is 402. The Balaban J connectivity index is 2.87. The average molecular weight is 230 g/mol. The Kier molecular flexibility index (Phi) is 5.17. The lowest BCUT2D eigenvalue weighted by Gasteiger charge is -2.19. The maximum atomic E-state index is 11.3. The molecular formula is C14H18N2O. The van der Waals surface area contributed by atoms with Crippen molar-refractivity contribution in [1.29, 1.82) is 0 Å². The SMILES string of the molecule is C=CCN(CC=C)Cc1ccccc1C(N)=O. The molecule has 0 bridgehead atoms. The van der Waals surface area contributed by atoms with Gasteiger partial charge >= 0.3 is 0 Å². The monoisotopic (exact) mass is 230 g/mol. The zero-order valence-electron chi connectivity index (χ0n) is 9.93. The van der Waals surface area contributed by atoms with Gasteiger partial charge in [0, 0.05) is 25.2 Å². The number of carbonyl (C=O) groups is 1. The van der Waals surface area contributed by atoms with Crippen LogP contribution in [-0.2, 0) is 6.54 Å². The molecule has 1 amide bonds. The van der Waals surface area contributed by atoms with E-state index in [1.807, 2.05) is 30.4 Å². The first kappa shape index (κ1) is 13.2. The lowest BCUT2D eigenvalue weighted by Crippen LogP contribution is -2.25. The van der Waals surface area contributed by atoms with Gasteiger partial charge < -0.3 is 5.73 Å². The zero-order valence-corrected chi connectivity index (χ0v) is 9.93. The molecule has 0 heterocycles. The van der Waals surface area contributed by atoms with E-state index in [0.717, 1.165) is 18.7 Å². The number of carbonyl (C=O) groups excluding carboxylic acids is 1. The van der Waals surface area contributed by atoms with Gasteiger partial charge in [0.05, 0.1) is 0 Å². The molecule has 3 nitrogen and oxygen atoms in total. The second-order valence-electron chi connectivity index (χ2n) is 3.79. The van der Waals surface area contributed by atoms with Crippen LogP contribution in [0.2, 0.25) is 0 Å². The number of benzene rings is 1. The normalized spacial score (nSPS) is 10.2. The van der Waals surface area contributed by atoms with E-state index in [-0.39, 0.29) is 0 Å². The Morgan fingerprint density at radius 2 is 1.82 bits per heavy atom. The number of rotatable bonds is 7. The first-order valence-electron chi connectivity index (χ1n) is 5.51. The Morgan fingerprint density at radius 1 is 1.24 bits per heavy atom. The van der Waals surface area contributed by atoms with Gasteiger partial charge in [0.25, 0.3) is 0 Å². The summed E-state index contributed by atoms with van der Waals surface area (Å²) >= 11 is 0. The zero-order chi connectivity index (χ0) is 12.7. The first-order chi connectivity index (χ1) is 8.19. The van der Waals surface area contributed by atoms with E-state index in [1.54, 1.807) is 6.07 Å². The molecule has 1 aromatic carbocycles. The summed E-state index contributed by atoms with van der Waals surface area (Å²) in [6.45, 7) is 9.59. The Hall–Kier alpha value is -1.87. The van der Waals surface area contributed by atoms with E-state index >= 15 is 0 Å². The number of hydrogen-bond acceptors (Lipinski definition) is 2. The summed E-state index contributed by atoms with van der Waals surface area (Å²) in [6, 6.07) is 7.38. The standard InChI is InChI=1S/C14H18N2O/c1-3-9-16(10-4-2)11-12-7-5-6-8-13(12)14(15)17/h3-8H,1-2,9-11H2,(H2,15,17). The smallest absolute Gasteiger partial charge is 0.249 e. The fourth-order valence-corrected chi connectivity index (χ4v) is 1.71. The van der Waals surface area contributed by atoms with Crippen LogP contribution in [0.5, 0.6) is 0 Å². The topological polar surface area (TPSA) is 46.3 Å². The van der Waals surface area contributed by atoms with E-state index in [1.165, 1.54) is 0 Å². The quantitative estimate of drug-likeness (QED) is 0.728. The van der Waals surface area contributed by atoms with Crippen molar-refractivity contribution in [3.8, 4) is 0 Å². The van der Waals surface area contributed by atoms with E-state index in [4.69, 9.17) is 5.73 Å². The number of amides is 1. The van der Waals surface area contributed by atoms with Gasteiger partial charge in [-0.15, -0.1) is 13.2 Å². The van der Waals surface area contributed by atoms with E-state index in [2.05, 4.69) is 18.1 Å². The number of nitrogens with zero attached hydrogens (tertiary/aromatic N) is 1. The third kappa shape index (κ3) is 3.89. The predicted octanol–water partition coefficient (Wildman–Crippen LogP) is 1.96. The maximum absolute atomic E-state index is 11.3. The van der Waals surface area contributed by atoms with Crippen LogP contribution in [0.3, 0.4) is 0 Å². The molecule has 0 radical (unpaired) electrons. The Morgan fingerprint density at radius 3 is 2.35 bits per heavy atom. The summed E-state index contributed by atoms with van der Waals surface area (Å²) in [5.74, 6) is -0.391. The van der Waals surface area contributed by atoms with Crippen molar-refractivity contribution in [3.05, 3.63) is 60.7 Å². The lowest BCUT2D eigenvalue weighted by molar-refractivity contribution is 0.0998. The van der Waals surface area contributed by atoms with Crippen molar-refractivity contribution < 1.29 is 4.79 Å². The van der Waals surface area contributed by atoms with Crippen LogP contribution in [0, 0.1) is 0 Å². The molecule has 3 heteroatoms. The van der Waals surface area contributed by atoms with E-state index < -0.39 is 5.91 Å². The molecule has 0 atom stereocenters. The molecule has 0 saturated carbocycles. The highest BCUT2D eigenvalue weighted by atomic mass is 16.1. The summed E-state index contributed by atoms with van der Waals surface area (Å²) in [7, 11) is 0. The number of primary amides is 1. The van der Waals surface area contributed by atoms with Crippen LogP contribution in [0.15, 0.2) is 49.6 Å². The van der Waals surface area contributed by atoms with Crippen molar-refractivity contribution in [2.45, 2.75) is 6.54 Å². The van der Waals surface area contributed by atoms with Gasteiger partial charge in [0.2, 0.25) is 5.91 Å². The summed E-state index contributed by atoms with van der Waals surface area (Å²) < 4.78 is 0. The minimum absolute atomic E-state index is 0.391. The molecule has 1 rings (SSSR count). The molecule has 0 aromatic heterocycles. The van der Waals surface area contributed by atoms with Gasteiger partial charge in [0.15, 0.2) is 0 Å². The minimum atomic E-state index is -0.391. The molecule has 0 saturated heterocycles. The van der Waals surface area contributed by atoms with Crippen LogP contribution < -0.4 is 5.73 Å². The highest BCUT2D eigenvalue weighted by Gasteiger charge is 2.09. The average Bonchev–Trinajstić information content (AvgIpc) is 2.30. The molecule has 0 spiro atoms. The fraction of sp³-hybridized carbons (Fsp3) is 0.214. The molecule has 0 fully saturated rings. The van der Waals surface area contributed by atoms with Crippen molar-refractivity contribution in [2.24, 2.45) is 5.73 Å². The van der Waals surface area contributed by atoms with Crippen LogP contribution >= 0.6 is 0 Å². The van der Waals surface area contributed by atoms with Crippen LogP contribution in [0.25, 0.3) is 0 Å². The molecule has 2 N–H and O–H groups in total. The second-order valence-corrected chi connectivity index (χ2v) is 3.79. The molecule has 0 aliphatic rings. The maximum Gasteiger partial charge on any atom is 0.249 e. The third-order valence-electron chi connectivity index (χ3n) is 2.45. The molecule has 17 heavy (non-hydrogen) atoms. The minimum Gasteiger partial charge on any atom is -0.366 e. The highest BCUT2D eigenvalue weighted by molar-refractivity contribution is 5.94. The van der Waals surface area contributed by atoms with Crippen LogP contribution in [0.1, 0.15) is 15.9 Å². The van der Waals surface area contributed by atoms with Crippen molar-refractivity contribution in [2.75, 3.05) is 13.1 Å². The van der Waals surface area contributed by atoms with Gasteiger partial charge in [-0.05, 0) is 11.6 Å². The molecule has 0 unspecified atom stereocenters. The molecule has 1 aromatic rings. The summed E-state index contributed by atoms with van der Waals surface area (Å²) in [5, 5.41) is 0.